The fourth-order valence-electron chi connectivity index (χ4n) is 2.10. The van der Waals surface area contributed by atoms with Gasteiger partial charge in [0.15, 0.2) is 0 Å². The zero-order chi connectivity index (χ0) is 14.1. The second kappa shape index (κ2) is 4.73. The molecule has 0 radical (unpaired) electrons. The van der Waals surface area contributed by atoms with Crippen LogP contribution in [0.5, 0.6) is 0 Å². The first-order valence-corrected chi connectivity index (χ1v) is 6.02. The number of ether oxygens (including phenoxy) is 1. The van der Waals surface area contributed by atoms with Gasteiger partial charge in [-0.2, -0.15) is 0 Å². The standard InChI is InChI=1S/C14H11N3O3/c1-20-14(19)13-15-5-4-11(17-13)8-2-3-10-9(6-8)7-12(18)16-10/h2-6H,7H2,1H3,(H,16,18). The molecule has 100 valence electrons. The summed E-state index contributed by atoms with van der Waals surface area (Å²) in [5.41, 5.74) is 3.18. The van der Waals surface area contributed by atoms with Crippen molar-refractivity contribution in [2.75, 3.05) is 12.4 Å². The van der Waals surface area contributed by atoms with Crippen LogP contribution in [0.25, 0.3) is 11.3 Å². The molecule has 0 unspecified atom stereocenters. The lowest BCUT2D eigenvalue weighted by Gasteiger charge is -2.05. The number of fused-ring (bicyclic) bond motifs is 1. The summed E-state index contributed by atoms with van der Waals surface area (Å²) in [6, 6.07) is 7.26. The van der Waals surface area contributed by atoms with Crippen molar-refractivity contribution in [3.8, 4) is 11.3 Å². The van der Waals surface area contributed by atoms with E-state index in [4.69, 9.17) is 0 Å². The van der Waals surface area contributed by atoms with Crippen molar-refractivity contribution in [2.45, 2.75) is 6.42 Å². The number of rotatable bonds is 2. The van der Waals surface area contributed by atoms with Gasteiger partial charge in [-0.15, -0.1) is 0 Å². The molecule has 0 fully saturated rings. The lowest BCUT2D eigenvalue weighted by Crippen LogP contribution is -2.07. The highest BCUT2D eigenvalue weighted by atomic mass is 16.5. The third kappa shape index (κ3) is 2.11. The van der Waals surface area contributed by atoms with Gasteiger partial charge in [0.05, 0.1) is 19.2 Å². The number of methoxy groups -OCH3 is 1. The average molecular weight is 269 g/mol. The van der Waals surface area contributed by atoms with E-state index in [1.807, 2.05) is 18.2 Å². The Kier molecular flexibility index (Phi) is 2.90. The molecular formula is C14H11N3O3. The summed E-state index contributed by atoms with van der Waals surface area (Å²) in [6.07, 6.45) is 1.86. The predicted molar refractivity (Wildman–Crippen MR) is 71.1 cm³/mol. The molecule has 2 heterocycles. The van der Waals surface area contributed by atoms with Crippen LogP contribution in [0.4, 0.5) is 5.69 Å². The highest BCUT2D eigenvalue weighted by Gasteiger charge is 2.18. The first kappa shape index (κ1) is 12.3. The Morgan fingerprint density at radius 3 is 3.00 bits per heavy atom. The molecule has 1 N–H and O–H groups in total. The number of nitrogens with one attached hydrogen (secondary N) is 1. The SMILES string of the molecule is COC(=O)c1nccc(-c2ccc3c(c2)CC(=O)N3)n1. The largest absolute Gasteiger partial charge is 0.463 e. The van der Waals surface area contributed by atoms with E-state index >= 15 is 0 Å². The quantitative estimate of drug-likeness (QED) is 0.834. The van der Waals surface area contributed by atoms with Crippen molar-refractivity contribution < 1.29 is 14.3 Å². The van der Waals surface area contributed by atoms with Crippen LogP contribution in [0.2, 0.25) is 0 Å². The van der Waals surface area contributed by atoms with Crippen molar-refractivity contribution in [2.24, 2.45) is 0 Å². The zero-order valence-electron chi connectivity index (χ0n) is 10.7. The number of carbonyl (C=O) groups is 2. The molecule has 1 aliphatic rings. The second-order valence-electron chi connectivity index (χ2n) is 4.35. The number of aromatic nitrogens is 2. The summed E-state index contributed by atoms with van der Waals surface area (Å²) in [4.78, 5) is 30.8. The van der Waals surface area contributed by atoms with Crippen molar-refractivity contribution >= 4 is 17.6 Å². The molecule has 1 aromatic heterocycles. The maximum Gasteiger partial charge on any atom is 0.376 e. The Morgan fingerprint density at radius 2 is 2.20 bits per heavy atom. The van der Waals surface area contributed by atoms with Gasteiger partial charge in [-0.3, -0.25) is 4.79 Å². The summed E-state index contributed by atoms with van der Waals surface area (Å²) < 4.78 is 4.60. The minimum absolute atomic E-state index is 0.0136. The van der Waals surface area contributed by atoms with Crippen LogP contribution in [0.15, 0.2) is 30.5 Å². The van der Waals surface area contributed by atoms with Gasteiger partial charge in [-0.05, 0) is 23.8 Å². The maximum absolute atomic E-state index is 11.4. The molecule has 0 spiro atoms. The molecule has 20 heavy (non-hydrogen) atoms. The Hall–Kier alpha value is -2.76. The van der Waals surface area contributed by atoms with E-state index < -0.39 is 5.97 Å². The van der Waals surface area contributed by atoms with Crippen LogP contribution in [-0.4, -0.2) is 29.0 Å². The first-order chi connectivity index (χ1) is 9.67. The van der Waals surface area contributed by atoms with Gasteiger partial charge in [0, 0.05) is 17.4 Å². The number of benzene rings is 1. The molecule has 1 aliphatic heterocycles. The van der Waals surface area contributed by atoms with Crippen molar-refractivity contribution in [3.05, 3.63) is 41.9 Å². The highest BCUT2D eigenvalue weighted by Crippen LogP contribution is 2.28. The van der Waals surface area contributed by atoms with E-state index in [-0.39, 0.29) is 11.7 Å². The Labute approximate surface area is 114 Å². The molecule has 2 aromatic rings. The monoisotopic (exact) mass is 269 g/mol. The van der Waals surface area contributed by atoms with Crippen molar-refractivity contribution in [1.29, 1.82) is 0 Å². The number of anilines is 1. The molecule has 0 saturated carbocycles. The van der Waals surface area contributed by atoms with Crippen molar-refractivity contribution in [3.63, 3.8) is 0 Å². The van der Waals surface area contributed by atoms with E-state index in [1.165, 1.54) is 13.3 Å². The van der Waals surface area contributed by atoms with Gasteiger partial charge in [0.2, 0.25) is 11.7 Å². The predicted octanol–water partition coefficient (Wildman–Crippen LogP) is 1.42. The molecule has 0 bridgehead atoms. The molecule has 6 nitrogen and oxygen atoms in total. The Morgan fingerprint density at radius 1 is 1.35 bits per heavy atom. The molecule has 1 aromatic carbocycles. The van der Waals surface area contributed by atoms with Gasteiger partial charge in [0.25, 0.3) is 0 Å². The summed E-state index contributed by atoms with van der Waals surface area (Å²) in [7, 11) is 1.28. The van der Waals surface area contributed by atoms with Gasteiger partial charge in [0.1, 0.15) is 0 Å². The third-order valence-electron chi connectivity index (χ3n) is 3.05. The number of carbonyl (C=O) groups excluding carboxylic acids is 2. The number of nitrogens with zero attached hydrogens (tertiary/aromatic N) is 2. The fraction of sp³-hybridized carbons (Fsp3) is 0.143. The van der Waals surface area contributed by atoms with E-state index in [0.29, 0.717) is 12.1 Å². The molecule has 0 saturated heterocycles. The van der Waals surface area contributed by atoms with Gasteiger partial charge in [-0.1, -0.05) is 6.07 Å². The normalized spacial score (nSPS) is 12.8. The van der Waals surface area contributed by atoms with Crippen LogP contribution >= 0.6 is 0 Å². The van der Waals surface area contributed by atoms with Crippen LogP contribution in [0.3, 0.4) is 0 Å². The van der Waals surface area contributed by atoms with E-state index in [0.717, 1.165) is 16.8 Å². The number of esters is 1. The van der Waals surface area contributed by atoms with Crippen LogP contribution in [0.1, 0.15) is 16.2 Å². The summed E-state index contributed by atoms with van der Waals surface area (Å²) in [6.45, 7) is 0. The van der Waals surface area contributed by atoms with E-state index in [2.05, 4.69) is 20.0 Å². The number of hydrogen-bond donors (Lipinski definition) is 1. The minimum Gasteiger partial charge on any atom is -0.463 e. The highest BCUT2D eigenvalue weighted by molar-refractivity contribution is 5.99. The first-order valence-electron chi connectivity index (χ1n) is 6.02. The molecule has 3 rings (SSSR count). The molecule has 0 aliphatic carbocycles. The second-order valence-corrected chi connectivity index (χ2v) is 4.35. The average Bonchev–Trinajstić information content (AvgIpc) is 2.85. The van der Waals surface area contributed by atoms with Crippen LogP contribution < -0.4 is 5.32 Å². The lowest BCUT2D eigenvalue weighted by atomic mass is 10.1. The van der Waals surface area contributed by atoms with Crippen LogP contribution in [0, 0.1) is 0 Å². The zero-order valence-corrected chi connectivity index (χ0v) is 10.7. The van der Waals surface area contributed by atoms with E-state index in [9.17, 15) is 9.59 Å². The molecule has 6 heteroatoms. The molecule has 1 amide bonds. The van der Waals surface area contributed by atoms with Gasteiger partial charge >= 0.3 is 5.97 Å². The topological polar surface area (TPSA) is 81.2 Å². The number of amides is 1. The Balaban J connectivity index is 2.00. The maximum atomic E-state index is 11.4. The lowest BCUT2D eigenvalue weighted by molar-refractivity contribution is -0.115. The minimum atomic E-state index is -0.579. The van der Waals surface area contributed by atoms with Gasteiger partial charge in [-0.25, -0.2) is 14.8 Å². The summed E-state index contributed by atoms with van der Waals surface area (Å²) in [5.74, 6) is -0.584. The molecular weight excluding hydrogens is 258 g/mol. The number of hydrogen-bond acceptors (Lipinski definition) is 5. The third-order valence-corrected chi connectivity index (χ3v) is 3.05. The smallest absolute Gasteiger partial charge is 0.376 e. The van der Waals surface area contributed by atoms with Crippen molar-refractivity contribution in [1.82, 2.24) is 9.97 Å². The van der Waals surface area contributed by atoms with Gasteiger partial charge < -0.3 is 10.1 Å². The van der Waals surface area contributed by atoms with Crippen LogP contribution in [-0.2, 0) is 16.0 Å². The summed E-state index contributed by atoms with van der Waals surface area (Å²) in [5, 5.41) is 2.77. The fourth-order valence-corrected chi connectivity index (χ4v) is 2.10. The summed E-state index contributed by atoms with van der Waals surface area (Å²) >= 11 is 0. The Bertz CT molecular complexity index is 713. The molecule has 0 atom stereocenters. The van der Waals surface area contributed by atoms with E-state index in [1.54, 1.807) is 6.07 Å².